The fraction of sp³-hybridized carbons (Fsp3) is 0.300. The van der Waals surface area contributed by atoms with Crippen molar-refractivity contribution >= 4 is 17.6 Å². The molecule has 6 heteroatoms. The summed E-state index contributed by atoms with van der Waals surface area (Å²) in [6, 6.07) is 17.7. The third-order valence-corrected chi connectivity index (χ3v) is 4.25. The average Bonchev–Trinajstić information content (AvgIpc) is 2.62. The maximum atomic E-state index is 9.10. The van der Waals surface area contributed by atoms with E-state index in [0.717, 1.165) is 19.6 Å². The molecular formula is C20H24N2O4. The normalized spacial score (nSPS) is 13.2. The zero-order chi connectivity index (χ0) is 19.1. The minimum Gasteiger partial charge on any atom is -0.473 e. The molecule has 1 aliphatic rings. The Balaban J connectivity index is 0.000000352. The van der Waals surface area contributed by atoms with E-state index >= 15 is 0 Å². The topological polar surface area (TPSA) is 81.1 Å². The van der Waals surface area contributed by atoms with Gasteiger partial charge in [-0.1, -0.05) is 36.4 Å². The molecule has 6 nitrogen and oxygen atoms in total. The number of aliphatic carboxylic acids is 2. The van der Waals surface area contributed by atoms with Gasteiger partial charge >= 0.3 is 11.9 Å². The molecule has 0 aromatic heterocycles. The van der Waals surface area contributed by atoms with E-state index in [4.69, 9.17) is 19.8 Å². The Hall–Kier alpha value is -2.86. The molecule has 2 aromatic rings. The highest BCUT2D eigenvalue weighted by Crippen LogP contribution is 2.21. The van der Waals surface area contributed by atoms with Crippen LogP contribution in [-0.2, 0) is 29.1 Å². The average molecular weight is 356 g/mol. The molecule has 0 unspecified atom stereocenters. The minimum absolute atomic E-state index is 1.04. The fourth-order valence-corrected chi connectivity index (χ4v) is 2.85. The van der Waals surface area contributed by atoms with Crippen molar-refractivity contribution in [2.45, 2.75) is 19.5 Å². The number of carbonyl (C=O) groups is 2. The van der Waals surface area contributed by atoms with Crippen molar-refractivity contribution in [1.82, 2.24) is 4.90 Å². The number of carboxylic acid groups (broad SMARTS) is 2. The van der Waals surface area contributed by atoms with Crippen molar-refractivity contribution in [3.63, 3.8) is 0 Å². The number of hydrogen-bond donors (Lipinski definition) is 2. The maximum Gasteiger partial charge on any atom is 0.414 e. The van der Waals surface area contributed by atoms with Crippen LogP contribution in [0.15, 0.2) is 48.5 Å². The van der Waals surface area contributed by atoms with Crippen molar-refractivity contribution < 1.29 is 19.8 Å². The van der Waals surface area contributed by atoms with Crippen LogP contribution in [-0.4, -0.2) is 47.7 Å². The number of nitrogens with zero attached hydrogens (tertiary/aromatic N) is 2. The van der Waals surface area contributed by atoms with Gasteiger partial charge in [0, 0.05) is 39.4 Å². The summed E-state index contributed by atoms with van der Waals surface area (Å²) < 4.78 is 0. The Morgan fingerprint density at radius 2 is 1.54 bits per heavy atom. The zero-order valence-corrected chi connectivity index (χ0v) is 15.1. The standard InChI is InChI=1S/C18H22N2.C2H2O4/c1-19(2)18-9-7-15(8-10-18)13-20-12-11-16-5-3-4-6-17(16)14-20;3-1(4)2(5)6/h3-10H,11-14H2,1-2H3;(H,3,4)(H,5,6). The SMILES string of the molecule is CN(C)c1ccc(CN2CCc3ccccc3C2)cc1.O=C(O)C(=O)O. The molecule has 0 radical (unpaired) electrons. The summed E-state index contributed by atoms with van der Waals surface area (Å²) in [4.78, 5) is 22.9. The van der Waals surface area contributed by atoms with Gasteiger partial charge in [0.25, 0.3) is 0 Å². The number of fused-ring (bicyclic) bond motifs is 1. The summed E-state index contributed by atoms with van der Waals surface area (Å²) in [5, 5.41) is 14.8. The van der Waals surface area contributed by atoms with Crippen LogP contribution in [0.2, 0.25) is 0 Å². The van der Waals surface area contributed by atoms with Gasteiger partial charge in [-0.05, 0) is 35.2 Å². The first-order valence-corrected chi connectivity index (χ1v) is 8.38. The Bertz CT molecular complexity index is 745. The Kier molecular flexibility index (Phi) is 6.74. The molecule has 2 aromatic carbocycles. The van der Waals surface area contributed by atoms with Crippen LogP contribution in [0.3, 0.4) is 0 Å². The highest BCUT2D eigenvalue weighted by atomic mass is 16.4. The third kappa shape index (κ3) is 5.60. The van der Waals surface area contributed by atoms with E-state index in [1.54, 1.807) is 0 Å². The van der Waals surface area contributed by atoms with Crippen LogP contribution in [0.25, 0.3) is 0 Å². The van der Waals surface area contributed by atoms with E-state index in [-0.39, 0.29) is 0 Å². The lowest BCUT2D eigenvalue weighted by Gasteiger charge is -2.28. The van der Waals surface area contributed by atoms with Crippen LogP contribution in [0.5, 0.6) is 0 Å². The van der Waals surface area contributed by atoms with Gasteiger partial charge in [-0.15, -0.1) is 0 Å². The lowest BCUT2D eigenvalue weighted by Crippen LogP contribution is -2.29. The van der Waals surface area contributed by atoms with Gasteiger partial charge in [-0.25, -0.2) is 9.59 Å². The molecule has 0 aliphatic carbocycles. The molecule has 1 aliphatic heterocycles. The summed E-state index contributed by atoms with van der Waals surface area (Å²) >= 11 is 0. The highest BCUT2D eigenvalue weighted by molar-refractivity contribution is 6.27. The summed E-state index contributed by atoms with van der Waals surface area (Å²) in [7, 11) is 4.16. The lowest BCUT2D eigenvalue weighted by molar-refractivity contribution is -0.159. The molecular weight excluding hydrogens is 332 g/mol. The molecule has 3 rings (SSSR count). The van der Waals surface area contributed by atoms with E-state index in [2.05, 4.69) is 72.4 Å². The van der Waals surface area contributed by atoms with E-state index in [1.807, 2.05) is 0 Å². The van der Waals surface area contributed by atoms with Crippen molar-refractivity contribution in [3.8, 4) is 0 Å². The molecule has 2 N–H and O–H groups in total. The third-order valence-electron chi connectivity index (χ3n) is 4.25. The summed E-state index contributed by atoms with van der Waals surface area (Å²) in [5.74, 6) is -3.65. The van der Waals surface area contributed by atoms with E-state index < -0.39 is 11.9 Å². The second-order valence-corrected chi connectivity index (χ2v) is 6.40. The summed E-state index contributed by atoms with van der Waals surface area (Å²) in [6.07, 6.45) is 1.17. The van der Waals surface area contributed by atoms with Crippen LogP contribution in [0, 0.1) is 0 Å². The molecule has 0 bridgehead atoms. The number of anilines is 1. The first kappa shape index (κ1) is 19.5. The molecule has 26 heavy (non-hydrogen) atoms. The zero-order valence-electron chi connectivity index (χ0n) is 15.1. The summed E-state index contributed by atoms with van der Waals surface area (Å²) in [5.41, 5.74) is 5.67. The van der Waals surface area contributed by atoms with Gasteiger partial charge < -0.3 is 15.1 Å². The Morgan fingerprint density at radius 1 is 0.962 bits per heavy atom. The van der Waals surface area contributed by atoms with Crippen LogP contribution >= 0.6 is 0 Å². The quantitative estimate of drug-likeness (QED) is 0.823. The molecule has 1 heterocycles. The number of hydrogen-bond acceptors (Lipinski definition) is 4. The molecule has 138 valence electrons. The predicted octanol–water partition coefficient (Wildman–Crippen LogP) is 2.47. The largest absolute Gasteiger partial charge is 0.473 e. The smallest absolute Gasteiger partial charge is 0.414 e. The maximum absolute atomic E-state index is 9.10. The van der Waals surface area contributed by atoms with Gasteiger partial charge in [0.05, 0.1) is 0 Å². The predicted molar refractivity (Wildman–Crippen MR) is 100 cm³/mol. The highest BCUT2D eigenvalue weighted by Gasteiger charge is 2.15. The van der Waals surface area contributed by atoms with Crippen LogP contribution in [0.4, 0.5) is 5.69 Å². The van der Waals surface area contributed by atoms with Crippen molar-refractivity contribution in [1.29, 1.82) is 0 Å². The Morgan fingerprint density at radius 3 is 2.08 bits per heavy atom. The first-order valence-electron chi connectivity index (χ1n) is 8.38. The molecule has 0 spiro atoms. The van der Waals surface area contributed by atoms with Crippen molar-refractivity contribution in [2.24, 2.45) is 0 Å². The van der Waals surface area contributed by atoms with Gasteiger partial charge in [0.1, 0.15) is 0 Å². The molecule has 0 atom stereocenters. The second-order valence-electron chi connectivity index (χ2n) is 6.40. The monoisotopic (exact) mass is 356 g/mol. The molecule has 0 amide bonds. The molecule has 0 saturated heterocycles. The summed E-state index contributed by atoms with van der Waals surface area (Å²) in [6.45, 7) is 3.28. The number of carboxylic acids is 2. The molecule has 0 saturated carbocycles. The van der Waals surface area contributed by atoms with Gasteiger partial charge in [-0.3, -0.25) is 4.90 Å². The van der Waals surface area contributed by atoms with Crippen LogP contribution in [0.1, 0.15) is 16.7 Å². The van der Waals surface area contributed by atoms with E-state index in [1.165, 1.54) is 28.8 Å². The lowest BCUT2D eigenvalue weighted by atomic mass is 9.99. The molecule has 0 fully saturated rings. The van der Waals surface area contributed by atoms with Gasteiger partial charge in [-0.2, -0.15) is 0 Å². The van der Waals surface area contributed by atoms with Crippen LogP contribution < -0.4 is 4.90 Å². The number of benzene rings is 2. The van der Waals surface area contributed by atoms with Crippen molar-refractivity contribution in [2.75, 3.05) is 25.5 Å². The fourth-order valence-electron chi connectivity index (χ4n) is 2.85. The van der Waals surface area contributed by atoms with E-state index in [0.29, 0.717) is 0 Å². The number of rotatable bonds is 3. The second kappa shape index (κ2) is 9.01. The van der Waals surface area contributed by atoms with E-state index in [9.17, 15) is 0 Å². The first-order chi connectivity index (χ1) is 12.4. The minimum atomic E-state index is -1.82. The van der Waals surface area contributed by atoms with Crippen molar-refractivity contribution in [3.05, 3.63) is 65.2 Å². The van der Waals surface area contributed by atoms with Gasteiger partial charge in [0.2, 0.25) is 0 Å². The Labute approximate surface area is 153 Å². The van der Waals surface area contributed by atoms with Gasteiger partial charge in [0.15, 0.2) is 0 Å².